The summed E-state index contributed by atoms with van der Waals surface area (Å²) in [6.45, 7) is 14.4. The van der Waals surface area contributed by atoms with Gasteiger partial charge in [-0.25, -0.2) is 14.8 Å². The van der Waals surface area contributed by atoms with Gasteiger partial charge in [-0.2, -0.15) is 0 Å². The van der Waals surface area contributed by atoms with Crippen molar-refractivity contribution in [1.82, 2.24) is 19.8 Å². The Labute approximate surface area is 235 Å². The quantitative estimate of drug-likeness (QED) is 0.461. The number of amides is 2. The molecule has 1 fully saturated rings. The highest BCUT2D eigenvalue weighted by molar-refractivity contribution is 7.99. The second-order valence-electron chi connectivity index (χ2n) is 11.2. The molecule has 0 bridgehead atoms. The Kier molecular flexibility index (Phi) is 8.77. The number of thioether (sulfide) groups is 1. The van der Waals surface area contributed by atoms with Gasteiger partial charge >= 0.3 is 6.09 Å². The summed E-state index contributed by atoms with van der Waals surface area (Å²) in [7, 11) is 0. The molecule has 3 heterocycles. The van der Waals surface area contributed by atoms with E-state index in [4.69, 9.17) is 16.3 Å². The molecule has 1 aromatic heterocycles. The van der Waals surface area contributed by atoms with Crippen LogP contribution in [0, 0.1) is 0 Å². The third kappa shape index (κ3) is 6.54. The molecule has 10 heteroatoms. The maximum atomic E-state index is 14.0. The first-order chi connectivity index (χ1) is 17.9. The first-order valence-corrected chi connectivity index (χ1v) is 14.6. The number of aromatic nitrogens is 2. The summed E-state index contributed by atoms with van der Waals surface area (Å²) in [5.41, 5.74) is 2.54. The van der Waals surface area contributed by atoms with Crippen molar-refractivity contribution in [2.24, 2.45) is 0 Å². The van der Waals surface area contributed by atoms with Gasteiger partial charge in [0, 0.05) is 60.4 Å². The Morgan fingerprint density at radius 1 is 1.13 bits per heavy atom. The molecule has 2 aliphatic heterocycles. The molecule has 0 N–H and O–H groups in total. The molecule has 0 aliphatic carbocycles. The molecule has 38 heavy (non-hydrogen) atoms. The zero-order valence-corrected chi connectivity index (χ0v) is 24.7. The number of hydrogen-bond donors (Lipinski definition) is 0. The zero-order chi connectivity index (χ0) is 27.6. The van der Waals surface area contributed by atoms with Crippen molar-refractivity contribution < 1.29 is 14.3 Å². The number of hydrogen-bond acceptors (Lipinski definition) is 7. The molecule has 1 unspecified atom stereocenters. The van der Waals surface area contributed by atoms with E-state index in [0.29, 0.717) is 36.5 Å². The molecule has 0 spiro atoms. The van der Waals surface area contributed by atoms with Crippen molar-refractivity contribution in [2.75, 3.05) is 37.6 Å². The lowest BCUT2D eigenvalue weighted by Crippen LogP contribution is -2.52. The molecule has 2 aliphatic rings. The third-order valence-electron chi connectivity index (χ3n) is 6.91. The van der Waals surface area contributed by atoms with Gasteiger partial charge in [0.1, 0.15) is 17.7 Å². The summed E-state index contributed by atoms with van der Waals surface area (Å²) in [6, 6.07) is 7.19. The van der Waals surface area contributed by atoms with E-state index in [1.807, 2.05) is 63.4 Å². The Morgan fingerprint density at radius 3 is 2.39 bits per heavy atom. The van der Waals surface area contributed by atoms with Crippen LogP contribution in [0.3, 0.4) is 0 Å². The standard InChI is InChI=1S/C28H38ClN5O3S/c1-18(2)34(27(36)37-28(4,5)6)15-22(20-7-9-21(29)10-8-20)26(35)33-13-11-32(12-14-33)25-24-19(3)38-16-23(24)30-17-31-25/h7-10,17-19,22H,11-16H2,1-6H3/t19-,22?/m0/s1. The lowest BCUT2D eigenvalue weighted by molar-refractivity contribution is -0.133. The van der Waals surface area contributed by atoms with Crippen LogP contribution in [0.4, 0.5) is 10.6 Å². The molecule has 0 radical (unpaired) electrons. The van der Waals surface area contributed by atoms with E-state index in [1.165, 1.54) is 5.56 Å². The van der Waals surface area contributed by atoms with Crippen LogP contribution < -0.4 is 4.90 Å². The van der Waals surface area contributed by atoms with Crippen LogP contribution in [-0.2, 0) is 15.3 Å². The van der Waals surface area contributed by atoms with E-state index >= 15 is 0 Å². The Bertz CT molecular complexity index is 1150. The number of ether oxygens (including phenoxy) is 1. The number of piperazine rings is 1. The van der Waals surface area contributed by atoms with Gasteiger partial charge in [0.25, 0.3) is 0 Å². The van der Waals surface area contributed by atoms with Crippen molar-refractivity contribution in [3.05, 3.63) is 52.4 Å². The van der Waals surface area contributed by atoms with E-state index in [2.05, 4.69) is 21.8 Å². The van der Waals surface area contributed by atoms with Crippen molar-refractivity contribution in [3.8, 4) is 0 Å². The van der Waals surface area contributed by atoms with E-state index in [-0.39, 0.29) is 18.5 Å². The third-order valence-corrected chi connectivity index (χ3v) is 8.34. The normalized spacial score (nSPS) is 18.4. The minimum absolute atomic E-state index is 0.00183. The SMILES string of the molecule is CC(C)N(CC(C(=O)N1CCN(c2ncnc3c2[C@H](C)SC3)CC1)c1ccc(Cl)cc1)C(=O)OC(C)(C)C. The van der Waals surface area contributed by atoms with E-state index < -0.39 is 17.6 Å². The molecular weight excluding hydrogens is 522 g/mol. The van der Waals surface area contributed by atoms with Gasteiger partial charge in [-0.3, -0.25) is 4.79 Å². The minimum Gasteiger partial charge on any atom is -0.444 e. The Balaban J connectivity index is 1.52. The zero-order valence-electron chi connectivity index (χ0n) is 23.1. The number of fused-ring (bicyclic) bond motifs is 1. The molecule has 8 nitrogen and oxygen atoms in total. The van der Waals surface area contributed by atoms with Crippen LogP contribution in [-0.4, -0.2) is 76.1 Å². The van der Waals surface area contributed by atoms with Crippen LogP contribution in [0.15, 0.2) is 30.6 Å². The van der Waals surface area contributed by atoms with E-state index in [9.17, 15) is 9.59 Å². The molecule has 2 aromatic rings. The van der Waals surface area contributed by atoms with Gasteiger partial charge in [0.15, 0.2) is 0 Å². The molecule has 2 amide bonds. The maximum Gasteiger partial charge on any atom is 0.410 e. The van der Waals surface area contributed by atoms with E-state index in [0.717, 1.165) is 22.8 Å². The summed E-state index contributed by atoms with van der Waals surface area (Å²) in [5.74, 6) is 1.37. The lowest BCUT2D eigenvalue weighted by Gasteiger charge is -2.39. The summed E-state index contributed by atoms with van der Waals surface area (Å²) in [4.78, 5) is 42.0. The van der Waals surface area contributed by atoms with Gasteiger partial charge in [-0.1, -0.05) is 23.7 Å². The van der Waals surface area contributed by atoms with Gasteiger partial charge < -0.3 is 19.4 Å². The number of carbonyl (C=O) groups excluding carboxylic acids is 2. The number of rotatable bonds is 6. The lowest BCUT2D eigenvalue weighted by atomic mass is 9.96. The van der Waals surface area contributed by atoms with E-state index in [1.54, 1.807) is 23.4 Å². The Morgan fingerprint density at radius 2 is 1.79 bits per heavy atom. The van der Waals surface area contributed by atoms with Gasteiger partial charge in [-0.15, -0.1) is 11.8 Å². The fraction of sp³-hybridized carbons (Fsp3) is 0.571. The Hall–Kier alpha value is -2.52. The number of anilines is 1. The van der Waals surface area contributed by atoms with Crippen LogP contribution in [0.1, 0.15) is 69.5 Å². The molecule has 2 atom stereocenters. The van der Waals surface area contributed by atoms with Crippen LogP contribution in [0.5, 0.6) is 0 Å². The second kappa shape index (κ2) is 11.7. The molecule has 206 valence electrons. The number of carbonyl (C=O) groups is 2. The molecule has 4 rings (SSSR count). The first kappa shape index (κ1) is 28.5. The van der Waals surface area contributed by atoms with Crippen molar-refractivity contribution in [3.63, 3.8) is 0 Å². The molecule has 0 saturated carbocycles. The smallest absolute Gasteiger partial charge is 0.410 e. The van der Waals surface area contributed by atoms with Crippen molar-refractivity contribution >= 4 is 41.2 Å². The number of nitrogens with zero attached hydrogens (tertiary/aromatic N) is 5. The monoisotopic (exact) mass is 559 g/mol. The van der Waals surface area contributed by atoms with Gasteiger partial charge in [0.05, 0.1) is 11.6 Å². The molecule has 1 aromatic carbocycles. The predicted molar refractivity (Wildman–Crippen MR) is 153 cm³/mol. The summed E-state index contributed by atoms with van der Waals surface area (Å²) in [5, 5.41) is 0.969. The highest BCUT2D eigenvalue weighted by Crippen LogP contribution is 2.44. The number of benzene rings is 1. The summed E-state index contributed by atoms with van der Waals surface area (Å²) in [6.07, 6.45) is 1.23. The predicted octanol–water partition coefficient (Wildman–Crippen LogP) is 5.52. The largest absolute Gasteiger partial charge is 0.444 e. The summed E-state index contributed by atoms with van der Waals surface area (Å²) < 4.78 is 5.67. The van der Waals surface area contributed by atoms with Crippen molar-refractivity contribution in [2.45, 2.75) is 70.1 Å². The highest BCUT2D eigenvalue weighted by Gasteiger charge is 2.35. The first-order valence-electron chi connectivity index (χ1n) is 13.2. The summed E-state index contributed by atoms with van der Waals surface area (Å²) >= 11 is 8.03. The fourth-order valence-corrected chi connectivity index (χ4v) is 6.06. The second-order valence-corrected chi connectivity index (χ2v) is 12.9. The van der Waals surface area contributed by atoms with Crippen LogP contribution in [0.25, 0.3) is 0 Å². The highest BCUT2D eigenvalue weighted by atomic mass is 35.5. The topological polar surface area (TPSA) is 78.9 Å². The van der Waals surface area contributed by atoms with Crippen LogP contribution >= 0.6 is 23.4 Å². The van der Waals surface area contributed by atoms with Crippen LogP contribution in [0.2, 0.25) is 5.02 Å². The molecular formula is C28H38ClN5O3S. The number of halogens is 1. The maximum absolute atomic E-state index is 14.0. The van der Waals surface area contributed by atoms with Crippen molar-refractivity contribution in [1.29, 1.82) is 0 Å². The van der Waals surface area contributed by atoms with Gasteiger partial charge in [0.2, 0.25) is 5.91 Å². The fourth-order valence-electron chi connectivity index (χ4n) is 4.89. The average molecular weight is 560 g/mol. The van der Waals surface area contributed by atoms with Gasteiger partial charge in [-0.05, 0) is 59.2 Å². The average Bonchev–Trinajstić information content (AvgIpc) is 3.25. The molecule has 1 saturated heterocycles. The minimum atomic E-state index is -0.627.